The number of benzene rings is 6. The van der Waals surface area contributed by atoms with Crippen molar-refractivity contribution in [2.24, 2.45) is 20.5 Å². The Hall–Kier alpha value is -10.8. The second-order valence-electron chi connectivity index (χ2n) is 18.9. The van der Waals surface area contributed by atoms with Gasteiger partial charge in [0.1, 0.15) is 11.4 Å². The molecule has 9 rings (SSSR count). The number of phenols is 2. The van der Waals surface area contributed by atoms with Crippen LogP contribution in [0.5, 0.6) is 11.5 Å². The second kappa shape index (κ2) is 21.9. The number of phenolic OH excluding ortho intramolecular Hbond substituents is 2. The molecule has 1 saturated heterocycles. The molecule has 1 aliphatic rings. The molecule has 1 fully saturated rings. The number of hydrogen-bond donors (Lipinski definition) is 12. The Bertz CT molecular complexity index is 4240. The van der Waals surface area contributed by atoms with Gasteiger partial charge in [-0.15, -0.1) is 10.2 Å². The van der Waals surface area contributed by atoms with Crippen molar-refractivity contribution in [3.05, 3.63) is 127 Å². The van der Waals surface area contributed by atoms with Gasteiger partial charge in [-0.3, -0.25) is 19.1 Å². The summed E-state index contributed by atoms with van der Waals surface area (Å²) >= 11 is 0. The molecule has 0 saturated carbocycles. The first-order valence-electron chi connectivity index (χ1n) is 24.1. The molecule has 6 aromatic carbocycles. The lowest BCUT2D eigenvalue weighted by atomic mass is 10.0. The first kappa shape index (κ1) is 57.8. The Morgan fingerprint density at radius 1 is 0.524 bits per heavy atom. The molecule has 1 aliphatic heterocycles. The van der Waals surface area contributed by atoms with E-state index in [1.165, 1.54) is 26.0 Å². The third-order valence-electron chi connectivity index (χ3n) is 12.9. The van der Waals surface area contributed by atoms with Crippen molar-refractivity contribution in [1.82, 2.24) is 29.9 Å². The van der Waals surface area contributed by atoms with Crippen LogP contribution in [0.25, 0.3) is 21.5 Å². The largest absolute Gasteiger partial charge is 0.505 e. The zero-order chi connectivity index (χ0) is 61.0. The average Bonchev–Trinajstić information content (AvgIpc) is 2.55. The molecule has 32 nitrogen and oxygen atoms in total. The summed E-state index contributed by atoms with van der Waals surface area (Å²) in [4.78, 5) is 97.2. The van der Waals surface area contributed by atoms with Gasteiger partial charge in [0.15, 0.2) is 11.5 Å². The normalized spacial score (nSPS) is 14.8. The highest BCUT2D eigenvalue weighted by atomic mass is 32.2. The number of aromatic hydroxyl groups is 2. The molecule has 2 aromatic heterocycles. The van der Waals surface area contributed by atoms with Crippen LogP contribution in [0.2, 0.25) is 0 Å². The maximum Gasteiger partial charge on any atom is 0.351 e. The quantitative estimate of drug-likeness (QED) is 0.0354. The first-order valence-corrected chi connectivity index (χ1v) is 27.0. The Labute approximate surface area is 469 Å². The minimum atomic E-state index is -4.93. The number of nitrogens with one attached hydrogen (secondary N) is 4. The van der Waals surface area contributed by atoms with E-state index in [2.05, 4.69) is 61.0 Å². The summed E-state index contributed by atoms with van der Waals surface area (Å²) in [7, 11) is -9.87. The molecule has 2 atom stereocenters. The number of carboxylic acid groups (broad SMARTS) is 4. The second-order valence-corrected chi connectivity index (χ2v) is 21.7. The average molecular weight is 1190 g/mol. The van der Waals surface area contributed by atoms with Crippen molar-refractivity contribution in [3.63, 3.8) is 0 Å². The van der Waals surface area contributed by atoms with Crippen molar-refractivity contribution < 1.29 is 75.8 Å². The maximum absolute atomic E-state index is 13.3. The lowest BCUT2D eigenvalue weighted by Gasteiger charge is -2.43. The number of rotatable bonds is 16. The highest BCUT2D eigenvalue weighted by Crippen LogP contribution is 2.46. The van der Waals surface area contributed by atoms with Gasteiger partial charge in [-0.2, -0.15) is 47.0 Å². The fourth-order valence-electron chi connectivity index (χ4n) is 9.10. The van der Waals surface area contributed by atoms with Crippen molar-refractivity contribution in [3.8, 4) is 11.5 Å². The topological polar surface area (TPSA) is 496 Å². The van der Waals surface area contributed by atoms with Gasteiger partial charge in [0.2, 0.25) is 23.8 Å². The molecular weight excluding hydrogens is 1150 g/mol. The number of H-pyrrole nitrogens is 2. The van der Waals surface area contributed by atoms with E-state index in [0.717, 1.165) is 60.7 Å². The molecule has 432 valence electrons. The highest BCUT2D eigenvalue weighted by Gasteiger charge is 2.34. The fraction of sp³-hybridized carbons (Fsp3) is 0.160. The van der Waals surface area contributed by atoms with Crippen LogP contribution in [-0.4, -0.2) is 136 Å². The van der Waals surface area contributed by atoms with Crippen molar-refractivity contribution in [2.45, 2.75) is 49.6 Å². The van der Waals surface area contributed by atoms with E-state index in [1.807, 2.05) is 0 Å². The van der Waals surface area contributed by atoms with Gasteiger partial charge < -0.3 is 51.1 Å². The van der Waals surface area contributed by atoms with E-state index in [4.69, 9.17) is 0 Å². The van der Waals surface area contributed by atoms with Crippen LogP contribution in [0, 0.1) is 13.8 Å². The summed E-state index contributed by atoms with van der Waals surface area (Å²) in [5, 5.41) is 82.9. The molecule has 8 aromatic rings. The van der Waals surface area contributed by atoms with Crippen molar-refractivity contribution >= 4 is 124 Å². The van der Waals surface area contributed by atoms with Crippen LogP contribution in [0.4, 0.5) is 57.9 Å². The van der Waals surface area contributed by atoms with Gasteiger partial charge in [-0.25, -0.2) is 28.8 Å². The molecule has 0 amide bonds. The zero-order valence-electron chi connectivity index (χ0n) is 43.4. The fourth-order valence-corrected chi connectivity index (χ4v) is 10.2. The summed E-state index contributed by atoms with van der Waals surface area (Å²) in [6.07, 6.45) is 0. The number of aryl methyl sites for hydroxylation is 2. The summed E-state index contributed by atoms with van der Waals surface area (Å²) < 4.78 is 70.4. The molecule has 2 unspecified atom stereocenters. The summed E-state index contributed by atoms with van der Waals surface area (Å²) in [6, 6.07) is 11.4. The molecule has 3 heterocycles. The zero-order valence-corrected chi connectivity index (χ0v) is 45.1. The number of aromatic amines is 2. The summed E-state index contributed by atoms with van der Waals surface area (Å²) in [5.74, 6) is -8.16. The Balaban J connectivity index is 1.02. The number of aromatic nitrogens is 6. The van der Waals surface area contributed by atoms with Crippen LogP contribution in [0.15, 0.2) is 113 Å². The standard InChI is InChI=1S/C50H42N14O18S2/c1-19-5-23-13-31(83(77,78)79)15-33(35(23)39(65)37(19)61-59-29-9-25(41(67)68)7-26(10-29)42(69)70)51-45-53-47(57-49(75)55-45)63-17-22(4)64(18-21(63)3)48-54-46(56-50(76)58-48)52-34-16-32(84(80,81)82)14-24-6-20(2)38(40(66)36(24)34)62-60-30-11-27(43(71)72)8-28(12-30)44(73)74/h5-16,21-22,65-66H,17-18H2,1-4H3,(H,67,68)(H,69,70)(H,71,72)(H,73,74)(H,77,78,79)(H,80,81,82)(H2,51,53,55,57,75)(H2,52,54,56,58,76). The lowest BCUT2D eigenvalue weighted by molar-refractivity contribution is 0.0676. The van der Waals surface area contributed by atoms with Crippen molar-refractivity contribution in [2.75, 3.05) is 33.5 Å². The highest BCUT2D eigenvalue weighted by molar-refractivity contribution is 7.86. The maximum atomic E-state index is 13.3. The van der Waals surface area contributed by atoms with Crippen LogP contribution in [-0.2, 0) is 20.2 Å². The Morgan fingerprint density at radius 3 is 1.17 bits per heavy atom. The number of carboxylic acids is 4. The summed E-state index contributed by atoms with van der Waals surface area (Å²) in [6.45, 7) is 6.32. The number of fused-ring (bicyclic) bond motifs is 2. The molecule has 12 N–H and O–H groups in total. The van der Waals surface area contributed by atoms with Gasteiger partial charge in [0, 0.05) is 35.9 Å². The summed E-state index contributed by atoms with van der Waals surface area (Å²) in [5.41, 5.74) is -4.67. The van der Waals surface area contributed by atoms with Crippen LogP contribution in [0.1, 0.15) is 66.4 Å². The predicted octanol–water partition coefficient (Wildman–Crippen LogP) is 6.69. The smallest absolute Gasteiger partial charge is 0.351 e. The third kappa shape index (κ3) is 12.0. The molecular formula is C50H42N14O18S2. The van der Waals surface area contributed by atoms with Gasteiger partial charge >= 0.3 is 35.3 Å². The number of nitrogens with zero attached hydrogens (tertiary/aromatic N) is 10. The number of piperazine rings is 1. The van der Waals surface area contributed by atoms with E-state index >= 15 is 0 Å². The van der Waals surface area contributed by atoms with Crippen LogP contribution < -0.4 is 31.8 Å². The predicted molar refractivity (Wildman–Crippen MR) is 295 cm³/mol. The monoisotopic (exact) mass is 1190 g/mol. The molecule has 84 heavy (non-hydrogen) atoms. The number of carbonyl (C=O) groups is 4. The number of anilines is 6. The first-order chi connectivity index (χ1) is 39.4. The minimum absolute atomic E-state index is 0.00568. The molecule has 34 heteroatoms. The molecule has 0 radical (unpaired) electrons. The number of azo groups is 2. The van der Waals surface area contributed by atoms with E-state index in [9.17, 15) is 85.3 Å². The Kier molecular flexibility index (Phi) is 15.1. The molecule has 0 aliphatic carbocycles. The third-order valence-corrected chi connectivity index (χ3v) is 14.6. The van der Waals surface area contributed by atoms with Gasteiger partial charge in [0.05, 0.1) is 54.8 Å². The van der Waals surface area contributed by atoms with Gasteiger partial charge in [0.25, 0.3) is 20.2 Å². The van der Waals surface area contributed by atoms with Gasteiger partial charge in [-0.1, -0.05) is 0 Å². The van der Waals surface area contributed by atoms with E-state index in [1.54, 1.807) is 23.6 Å². The number of aromatic carboxylic acids is 4. The SMILES string of the molecule is Cc1cc2cc(S(=O)(=O)O)cc(Nc3nc(N4CC(C)N(c5nc(Nc6cc(S(=O)(=O)O)cc7cc(C)c(N=Nc8cc(C(=O)O)cc(C(=O)O)c8)c(O)c67)[nH]c(=O)n5)CC4C)nc(=O)[nH]3)c2c(O)c1N=Nc1cc(C(=O)O)cc(C(=O)O)c1. The van der Waals surface area contributed by atoms with Gasteiger partial charge in [-0.05, 0) is 122 Å². The Morgan fingerprint density at radius 2 is 0.857 bits per heavy atom. The van der Waals surface area contributed by atoms with Crippen molar-refractivity contribution in [1.29, 1.82) is 0 Å². The number of hydrogen-bond acceptors (Lipinski definition) is 24. The van der Waals surface area contributed by atoms with E-state index in [-0.39, 0.29) is 104 Å². The minimum Gasteiger partial charge on any atom is -0.505 e. The molecule has 0 spiro atoms. The van der Waals surface area contributed by atoms with Crippen LogP contribution in [0.3, 0.4) is 0 Å². The van der Waals surface area contributed by atoms with E-state index in [0.29, 0.717) is 0 Å². The van der Waals surface area contributed by atoms with E-state index < -0.39 is 111 Å². The molecule has 0 bridgehead atoms. The van der Waals surface area contributed by atoms with Crippen LogP contribution >= 0.6 is 0 Å². The lowest BCUT2D eigenvalue weighted by Crippen LogP contribution is -2.58.